The average Bonchev–Trinajstić information content (AvgIpc) is 2.99. The second-order valence-electron chi connectivity index (χ2n) is 6.32. The maximum absolute atomic E-state index is 13.0. The third kappa shape index (κ3) is 3.11. The normalized spacial score (nSPS) is 26.0. The molecule has 0 unspecified atom stereocenters. The van der Waals surface area contributed by atoms with Crippen LogP contribution in [-0.2, 0) is 11.2 Å². The number of carbonyl (C=O) groups is 1. The van der Waals surface area contributed by atoms with Crippen LogP contribution in [0.4, 0.5) is 0 Å². The smallest absolute Gasteiger partial charge is 0.243 e. The number of piperazine rings is 1. The van der Waals surface area contributed by atoms with E-state index in [1.807, 2.05) is 4.90 Å². The van der Waals surface area contributed by atoms with Crippen LogP contribution in [-0.4, -0.2) is 49.1 Å². The molecule has 1 atom stereocenters. The number of benzene rings is 1. The number of nitrogens with one attached hydrogen (secondary N) is 2. The largest absolute Gasteiger partial charge is 0.339 e. The molecule has 1 amide bonds. The van der Waals surface area contributed by atoms with Crippen LogP contribution in [0, 0.1) is 6.92 Å². The quantitative estimate of drug-likeness (QED) is 0.875. The van der Waals surface area contributed by atoms with Gasteiger partial charge in [0.2, 0.25) is 5.91 Å². The van der Waals surface area contributed by atoms with Gasteiger partial charge in [0.15, 0.2) is 0 Å². The van der Waals surface area contributed by atoms with Crippen molar-refractivity contribution < 1.29 is 4.79 Å². The Balaban J connectivity index is 1.78. The minimum atomic E-state index is -0.382. The van der Waals surface area contributed by atoms with E-state index in [1.165, 1.54) is 11.1 Å². The second-order valence-corrected chi connectivity index (χ2v) is 6.32. The van der Waals surface area contributed by atoms with Gasteiger partial charge < -0.3 is 15.5 Å². The molecule has 0 saturated carbocycles. The third-order valence-corrected chi connectivity index (χ3v) is 4.68. The highest BCUT2D eigenvalue weighted by Gasteiger charge is 2.43. The van der Waals surface area contributed by atoms with Crippen molar-refractivity contribution in [3.05, 3.63) is 35.4 Å². The molecule has 0 spiro atoms. The standard InChI is InChI=1S/C17H25N3O/c1-14-3-5-15(6-4-14)13-17(7-2-8-19-17)16(21)20-11-9-18-10-12-20/h3-6,18-19H,2,7-13H2,1H3/t17-/m1/s1. The van der Waals surface area contributed by atoms with E-state index in [9.17, 15) is 4.79 Å². The van der Waals surface area contributed by atoms with Gasteiger partial charge >= 0.3 is 0 Å². The maximum Gasteiger partial charge on any atom is 0.243 e. The van der Waals surface area contributed by atoms with Gasteiger partial charge in [-0.2, -0.15) is 0 Å². The lowest BCUT2D eigenvalue weighted by Gasteiger charge is -2.37. The maximum atomic E-state index is 13.0. The molecule has 2 aliphatic rings. The number of aryl methyl sites for hydroxylation is 1. The van der Waals surface area contributed by atoms with Gasteiger partial charge in [0.25, 0.3) is 0 Å². The van der Waals surface area contributed by atoms with Crippen LogP contribution < -0.4 is 10.6 Å². The molecular weight excluding hydrogens is 262 g/mol. The minimum absolute atomic E-state index is 0.294. The summed E-state index contributed by atoms with van der Waals surface area (Å²) in [6, 6.07) is 8.57. The molecule has 2 N–H and O–H groups in total. The van der Waals surface area contributed by atoms with E-state index in [4.69, 9.17) is 0 Å². The van der Waals surface area contributed by atoms with Crippen molar-refractivity contribution in [2.75, 3.05) is 32.7 Å². The van der Waals surface area contributed by atoms with Crippen LogP contribution in [0.25, 0.3) is 0 Å². The van der Waals surface area contributed by atoms with Gasteiger partial charge in [-0.25, -0.2) is 0 Å². The van der Waals surface area contributed by atoms with Crippen molar-refractivity contribution in [2.45, 2.75) is 31.7 Å². The van der Waals surface area contributed by atoms with Crippen molar-refractivity contribution in [3.63, 3.8) is 0 Å². The van der Waals surface area contributed by atoms with Crippen LogP contribution in [0.5, 0.6) is 0 Å². The van der Waals surface area contributed by atoms with Gasteiger partial charge in [0, 0.05) is 26.2 Å². The topological polar surface area (TPSA) is 44.4 Å². The molecule has 2 fully saturated rings. The molecule has 0 aromatic heterocycles. The Hall–Kier alpha value is -1.39. The Morgan fingerprint density at radius 2 is 1.90 bits per heavy atom. The SMILES string of the molecule is Cc1ccc(C[C@@]2(C(=O)N3CCNCC3)CCCN2)cc1. The Labute approximate surface area is 126 Å². The second kappa shape index (κ2) is 6.16. The van der Waals surface area contributed by atoms with Gasteiger partial charge in [-0.05, 0) is 38.3 Å². The zero-order valence-corrected chi connectivity index (χ0v) is 12.8. The number of amides is 1. The zero-order valence-electron chi connectivity index (χ0n) is 12.8. The predicted octanol–water partition coefficient (Wildman–Crippen LogP) is 1.09. The van der Waals surface area contributed by atoms with Gasteiger partial charge in [-0.3, -0.25) is 4.79 Å². The van der Waals surface area contributed by atoms with E-state index >= 15 is 0 Å². The highest BCUT2D eigenvalue weighted by molar-refractivity contribution is 5.87. The molecule has 1 aromatic carbocycles. The summed E-state index contributed by atoms with van der Waals surface area (Å²) in [5, 5.41) is 6.83. The van der Waals surface area contributed by atoms with Crippen molar-refractivity contribution >= 4 is 5.91 Å². The summed E-state index contributed by atoms with van der Waals surface area (Å²) < 4.78 is 0. The fraction of sp³-hybridized carbons (Fsp3) is 0.588. The van der Waals surface area contributed by atoms with E-state index in [0.717, 1.165) is 52.0 Å². The molecule has 1 aromatic rings. The summed E-state index contributed by atoms with van der Waals surface area (Å²) in [5.41, 5.74) is 2.13. The Kier molecular flexibility index (Phi) is 4.27. The molecule has 4 heteroatoms. The van der Waals surface area contributed by atoms with Gasteiger partial charge in [-0.1, -0.05) is 29.8 Å². The summed E-state index contributed by atoms with van der Waals surface area (Å²) in [5.74, 6) is 0.294. The average molecular weight is 287 g/mol. The van der Waals surface area contributed by atoms with Crippen LogP contribution in [0.1, 0.15) is 24.0 Å². The fourth-order valence-corrected chi connectivity index (χ4v) is 3.44. The monoisotopic (exact) mass is 287 g/mol. The Morgan fingerprint density at radius 1 is 1.19 bits per heavy atom. The minimum Gasteiger partial charge on any atom is -0.339 e. The molecule has 0 radical (unpaired) electrons. The van der Waals surface area contributed by atoms with Crippen molar-refractivity contribution in [3.8, 4) is 0 Å². The van der Waals surface area contributed by atoms with E-state index in [2.05, 4.69) is 41.8 Å². The lowest BCUT2D eigenvalue weighted by Crippen LogP contribution is -2.59. The molecular formula is C17H25N3O. The summed E-state index contributed by atoms with van der Waals surface area (Å²) in [4.78, 5) is 15.1. The summed E-state index contributed by atoms with van der Waals surface area (Å²) >= 11 is 0. The van der Waals surface area contributed by atoms with Gasteiger partial charge in [0.05, 0.1) is 0 Å². The van der Waals surface area contributed by atoms with Crippen molar-refractivity contribution in [2.24, 2.45) is 0 Å². The molecule has 3 rings (SSSR count). The molecule has 2 saturated heterocycles. The number of nitrogens with zero attached hydrogens (tertiary/aromatic N) is 1. The first-order valence-corrected chi connectivity index (χ1v) is 8.00. The fourth-order valence-electron chi connectivity index (χ4n) is 3.44. The molecule has 4 nitrogen and oxygen atoms in total. The number of carbonyl (C=O) groups excluding carboxylic acids is 1. The van der Waals surface area contributed by atoms with E-state index in [1.54, 1.807) is 0 Å². The lowest BCUT2D eigenvalue weighted by atomic mass is 9.87. The molecule has 0 bridgehead atoms. The number of hydrogen-bond donors (Lipinski definition) is 2. The molecule has 114 valence electrons. The van der Waals surface area contributed by atoms with E-state index < -0.39 is 0 Å². The summed E-state index contributed by atoms with van der Waals surface area (Å²) in [6.45, 7) is 6.52. The van der Waals surface area contributed by atoms with Crippen LogP contribution in [0.2, 0.25) is 0 Å². The predicted molar refractivity (Wildman–Crippen MR) is 84.3 cm³/mol. The first kappa shape index (κ1) is 14.5. The number of rotatable bonds is 3. The van der Waals surface area contributed by atoms with E-state index in [-0.39, 0.29) is 5.54 Å². The number of hydrogen-bond acceptors (Lipinski definition) is 3. The molecule has 0 aliphatic carbocycles. The van der Waals surface area contributed by atoms with Crippen molar-refractivity contribution in [1.82, 2.24) is 15.5 Å². The first-order valence-electron chi connectivity index (χ1n) is 8.00. The van der Waals surface area contributed by atoms with Crippen LogP contribution in [0.15, 0.2) is 24.3 Å². The molecule has 21 heavy (non-hydrogen) atoms. The summed E-state index contributed by atoms with van der Waals surface area (Å²) in [7, 11) is 0. The molecule has 2 heterocycles. The zero-order chi connectivity index (χ0) is 14.7. The van der Waals surface area contributed by atoms with Crippen LogP contribution in [0.3, 0.4) is 0 Å². The Bertz CT molecular complexity index is 485. The highest BCUT2D eigenvalue weighted by Crippen LogP contribution is 2.27. The highest BCUT2D eigenvalue weighted by atomic mass is 16.2. The molecule has 2 aliphatic heterocycles. The van der Waals surface area contributed by atoms with E-state index in [0.29, 0.717) is 5.91 Å². The lowest BCUT2D eigenvalue weighted by molar-refractivity contribution is -0.138. The first-order chi connectivity index (χ1) is 10.2. The van der Waals surface area contributed by atoms with Gasteiger partial charge in [0.1, 0.15) is 5.54 Å². The third-order valence-electron chi connectivity index (χ3n) is 4.68. The van der Waals surface area contributed by atoms with Crippen molar-refractivity contribution in [1.29, 1.82) is 0 Å². The van der Waals surface area contributed by atoms with Gasteiger partial charge in [-0.15, -0.1) is 0 Å². The Morgan fingerprint density at radius 3 is 2.52 bits per heavy atom. The van der Waals surface area contributed by atoms with Crippen LogP contribution >= 0.6 is 0 Å². The summed E-state index contributed by atoms with van der Waals surface area (Å²) in [6.07, 6.45) is 2.84.